The molecule has 1 aromatic heterocycles. The SMILES string of the molecule is Cc1cc(CC(CNC(C)C)c2ccccc2)cs1. The van der Waals surface area contributed by atoms with Crippen LogP contribution >= 0.6 is 11.3 Å². The molecule has 0 amide bonds. The van der Waals surface area contributed by atoms with Crippen LogP contribution in [0.15, 0.2) is 41.8 Å². The molecule has 0 fully saturated rings. The summed E-state index contributed by atoms with van der Waals surface area (Å²) in [5.41, 5.74) is 2.89. The van der Waals surface area contributed by atoms with Crippen LogP contribution in [0.2, 0.25) is 0 Å². The van der Waals surface area contributed by atoms with Crippen LogP contribution in [0, 0.1) is 6.92 Å². The van der Waals surface area contributed by atoms with Crippen LogP contribution in [-0.2, 0) is 6.42 Å². The van der Waals surface area contributed by atoms with Crippen LogP contribution in [0.5, 0.6) is 0 Å². The summed E-state index contributed by atoms with van der Waals surface area (Å²) in [4.78, 5) is 1.40. The lowest BCUT2D eigenvalue weighted by Gasteiger charge is -2.19. The zero-order chi connectivity index (χ0) is 13.7. The van der Waals surface area contributed by atoms with E-state index in [2.05, 4.69) is 67.9 Å². The first kappa shape index (κ1) is 14.3. The minimum Gasteiger partial charge on any atom is -0.314 e. The minimum atomic E-state index is 0.537. The van der Waals surface area contributed by atoms with Crippen LogP contribution in [-0.4, -0.2) is 12.6 Å². The highest BCUT2D eigenvalue weighted by Crippen LogP contribution is 2.23. The van der Waals surface area contributed by atoms with Gasteiger partial charge in [0.05, 0.1) is 0 Å². The van der Waals surface area contributed by atoms with E-state index in [0.29, 0.717) is 12.0 Å². The predicted molar refractivity (Wildman–Crippen MR) is 85.1 cm³/mol. The Morgan fingerprint density at radius 2 is 1.89 bits per heavy atom. The van der Waals surface area contributed by atoms with Gasteiger partial charge in [0, 0.05) is 23.4 Å². The summed E-state index contributed by atoms with van der Waals surface area (Å²) in [5, 5.41) is 5.87. The summed E-state index contributed by atoms with van der Waals surface area (Å²) in [6, 6.07) is 13.7. The van der Waals surface area contributed by atoms with Crippen LogP contribution in [0.1, 0.15) is 35.8 Å². The maximum absolute atomic E-state index is 3.57. The lowest BCUT2D eigenvalue weighted by atomic mass is 9.92. The molecule has 2 heteroatoms. The number of rotatable bonds is 6. The van der Waals surface area contributed by atoms with Crippen LogP contribution in [0.4, 0.5) is 0 Å². The third kappa shape index (κ3) is 4.48. The molecule has 0 aliphatic rings. The van der Waals surface area contributed by atoms with Gasteiger partial charge in [-0.3, -0.25) is 0 Å². The number of hydrogen-bond acceptors (Lipinski definition) is 2. The molecule has 1 unspecified atom stereocenters. The monoisotopic (exact) mass is 273 g/mol. The van der Waals surface area contributed by atoms with Crippen LogP contribution in [0.25, 0.3) is 0 Å². The summed E-state index contributed by atoms with van der Waals surface area (Å²) in [6.45, 7) is 7.63. The number of benzene rings is 1. The van der Waals surface area contributed by atoms with E-state index in [1.165, 1.54) is 16.0 Å². The van der Waals surface area contributed by atoms with E-state index < -0.39 is 0 Å². The summed E-state index contributed by atoms with van der Waals surface area (Å²) in [5.74, 6) is 0.553. The fourth-order valence-electron chi connectivity index (χ4n) is 2.30. The first-order valence-corrected chi connectivity index (χ1v) is 7.85. The molecular formula is C17H23NS. The zero-order valence-electron chi connectivity index (χ0n) is 12.0. The van der Waals surface area contributed by atoms with E-state index >= 15 is 0 Å². The summed E-state index contributed by atoms with van der Waals surface area (Å²) in [7, 11) is 0. The van der Waals surface area contributed by atoms with Gasteiger partial charge in [-0.05, 0) is 35.9 Å². The zero-order valence-corrected chi connectivity index (χ0v) is 12.8. The maximum Gasteiger partial charge on any atom is 0.00257 e. The molecule has 0 radical (unpaired) electrons. The van der Waals surface area contributed by atoms with Gasteiger partial charge in [0.2, 0.25) is 0 Å². The van der Waals surface area contributed by atoms with E-state index in [-0.39, 0.29) is 0 Å². The number of hydrogen-bond donors (Lipinski definition) is 1. The Bertz CT molecular complexity index is 487. The molecule has 1 aromatic carbocycles. The lowest BCUT2D eigenvalue weighted by molar-refractivity contribution is 0.527. The fourth-order valence-corrected chi connectivity index (χ4v) is 3.02. The molecule has 1 heterocycles. The highest BCUT2D eigenvalue weighted by atomic mass is 32.1. The van der Waals surface area contributed by atoms with Crippen molar-refractivity contribution in [1.82, 2.24) is 5.32 Å². The van der Waals surface area contributed by atoms with Gasteiger partial charge in [0.15, 0.2) is 0 Å². The average Bonchev–Trinajstić information content (AvgIpc) is 2.81. The van der Waals surface area contributed by atoms with E-state index in [0.717, 1.165) is 13.0 Å². The first-order valence-electron chi connectivity index (χ1n) is 6.97. The second kappa shape index (κ2) is 6.88. The molecule has 2 rings (SSSR count). The highest BCUT2D eigenvalue weighted by molar-refractivity contribution is 7.10. The van der Waals surface area contributed by atoms with Gasteiger partial charge in [-0.25, -0.2) is 0 Å². The Morgan fingerprint density at radius 1 is 1.16 bits per heavy atom. The molecule has 0 spiro atoms. The van der Waals surface area contributed by atoms with E-state index in [9.17, 15) is 0 Å². The Hall–Kier alpha value is -1.12. The Kier molecular flexibility index (Phi) is 5.17. The van der Waals surface area contributed by atoms with Crippen LogP contribution < -0.4 is 5.32 Å². The minimum absolute atomic E-state index is 0.537. The van der Waals surface area contributed by atoms with E-state index in [1.54, 1.807) is 0 Å². The molecular weight excluding hydrogens is 250 g/mol. The number of thiophene rings is 1. The van der Waals surface area contributed by atoms with Crippen LogP contribution in [0.3, 0.4) is 0 Å². The van der Waals surface area contributed by atoms with Crippen molar-refractivity contribution in [1.29, 1.82) is 0 Å². The third-order valence-corrected chi connectivity index (χ3v) is 4.22. The van der Waals surface area contributed by atoms with Gasteiger partial charge in [-0.15, -0.1) is 11.3 Å². The van der Waals surface area contributed by atoms with Crippen molar-refractivity contribution in [3.05, 3.63) is 57.8 Å². The quantitative estimate of drug-likeness (QED) is 0.823. The molecule has 0 saturated carbocycles. The topological polar surface area (TPSA) is 12.0 Å². The van der Waals surface area contributed by atoms with E-state index in [4.69, 9.17) is 0 Å². The largest absolute Gasteiger partial charge is 0.314 e. The third-order valence-electron chi connectivity index (χ3n) is 3.31. The van der Waals surface area contributed by atoms with Crippen molar-refractivity contribution in [2.75, 3.05) is 6.54 Å². The van der Waals surface area contributed by atoms with Crippen molar-refractivity contribution >= 4 is 11.3 Å². The molecule has 1 nitrogen and oxygen atoms in total. The van der Waals surface area contributed by atoms with Crippen molar-refractivity contribution in [2.45, 2.75) is 39.2 Å². The Labute approximate surface area is 120 Å². The molecule has 102 valence electrons. The lowest BCUT2D eigenvalue weighted by Crippen LogP contribution is -2.28. The predicted octanol–water partition coefficient (Wildman–Crippen LogP) is 4.38. The van der Waals surface area contributed by atoms with Gasteiger partial charge in [-0.2, -0.15) is 0 Å². The molecule has 0 bridgehead atoms. The van der Waals surface area contributed by atoms with Crippen molar-refractivity contribution in [2.24, 2.45) is 0 Å². The molecule has 0 aliphatic heterocycles. The Balaban J connectivity index is 2.10. The van der Waals surface area contributed by atoms with Gasteiger partial charge < -0.3 is 5.32 Å². The standard InChI is InChI=1S/C17H23NS/c1-13(2)18-11-17(16-7-5-4-6-8-16)10-15-9-14(3)19-12-15/h4-9,12-13,17-18H,10-11H2,1-3H3. The van der Waals surface area contributed by atoms with Crippen molar-refractivity contribution in [3.8, 4) is 0 Å². The summed E-state index contributed by atoms with van der Waals surface area (Å²) >= 11 is 1.85. The number of aryl methyl sites for hydroxylation is 1. The second-order valence-electron chi connectivity index (χ2n) is 5.44. The van der Waals surface area contributed by atoms with Gasteiger partial charge >= 0.3 is 0 Å². The summed E-state index contributed by atoms with van der Waals surface area (Å²) in [6.07, 6.45) is 1.12. The maximum atomic E-state index is 3.57. The summed E-state index contributed by atoms with van der Waals surface area (Å²) < 4.78 is 0. The first-order chi connectivity index (χ1) is 9.15. The molecule has 19 heavy (non-hydrogen) atoms. The van der Waals surface area contributed by atoms with Gasteiger partial charge in [-0.1, -0.05) is 44.2 Å². The van der Waals surface area contributed by atoms with E-state index in [1.807, 2.05) is 11.3 Å². The smallest absolute Gasteiger partial charge is 0.00257 e. The van der Waals surface area contributed by atoms with Gasteiger partial charge in [0.1, 0.15) is 0 Å². The Morgan fingerprint density at radius 3 is 2.47 bits per heavy atom. The molecule has 1 atom stereocenters. The average molecular weight is 273 g/mol. The second-order valence-corrected chi connectivity index (χ2v) is 6.56. The van der Waals surface area contributed by atoms with Gasteiger partial charge in [0.25, 0.3) is 0 Å². The van der Waals surface area contributed by atoms with Crippen molar-refractivity contribution < 1.29 is 0 Å². The fraction of sp³-hybridized carbons (Fsp3) is 0.412. The van der Waals surface area contributed by atoms with Crippen molar-refractivity contribution in [3.63, 3.8) is 0 Å². The molecule has 0 saturated heterocycles. The molecule has 2 aromatic rings. The molecule has 1 N–H and O–H groups in total. The number of nitrogens with one attached hydrogen (secondary N) is 1. The highest BCUT2D eigenvalue weighted by Gasteiger charge is 2.13. The molecule has 0 aliphatic carbocycles. The normalized spacial score (nSPS) is 12.8.